The second-order valence-electron chi connectivity index (χ2n) is 9.23. The largest absolute Gasteiger partial charge is 0.495 e. The monoisotopic (exact) mass is 535 g/mol. The Morgan fingerprint density at radius 1 is 0.778 bits per heavy atom. The Morgan fingerprint density at radius 3 is 1.92 bits per heavy atom. The molecule has 0 aromatic heterocycles. The van der Waals surface area contributed by atoms with Crippen LogP contribution < -0.4 is 10.1 Å². The van der Waals surface area contributed by atoms with Crippen molar-refractivity contribution >= 4 is 31.6 Å². The highest BCUT2D eigenvalue weighted by Gasteiger charge is 2.31. The number of benzene rings is 2. The van der Waals surface area contributed by atoms with E-state index in [-0.39, 0.29) is 21.1 Å². The number of methoxy groups -OCH3 is 1. The van der Waals surface area contributed by atoms with Crippen LogP contribution in [0.2, 0.25) is 0 Å². The Kier molecular flexibility index (Phi) is 8.03. The van der Waals surface area contributed by atoms with E-state index in [1.165, 1.54) is 40.0 Å². The summed E-state index contributed by atoms with van der Waals surface area (Å²) in [4.78, 5) is 13.2. The van der Waals surface area contributed by atoms with Gasteiger partial charge in [0, 0.05) is 37.4 Å². The molecule has 0 bridgehead atoms. The van der Waals surface area contributed by atoms with Gasteiger partial charge in [-0.25, -0.2) is 16.8 Å². The van der Waals surface area contributed by atoms with Gasteiger partial charge in [0.1, 0.15) is 10.6 Å². The summed E-state index contributed by atoms with van der Waals surface area (Å²) in [6.45, 7) is 3.56. The lowest BCUT2D eigenvalue weighted by atomic mass is 10.2. The maximum atomic E-state index is 13.3. The molecule has 196 valence electrons. The van der Waals surface area contributed by atoms with Crippen LogP contribution in [0.25, 0.3) is 0 Å². The molecule has 9 nitrogen and oxygen atoms in total. The molecule has 0 saturated carbocycles. The van der Waals surface area contributed by atoms with Gasteiger partial charge in [-0.15, -0.1) is 0 Å². The highest BCUT2D eigenvalue weighted by atomic mass is 32.2. The predicted octanol–water partition coefficient (Wildman–Crippen LogP) is 3.61. The summed E-state index contributed by atoms with van der Waals surface area (Å²) in [7, 11) is -6.13. The molecule has 1 amide bonds. The number of aryl methyl sites for hydroxylation is 1. The molecule has 2 heterocycles. The fraction of sp³-hybridized carbons (Fsp3) is 0.480. The van der Waals surface area contributed by atoms with Crippen LogP contribution in [0.5, 0.6) is 5.75 Å². The van der Waals surface area contributed by atoms with Crippen LogP contribution in [0.3, 0.4) is 0 Å². The second kappa shape index (κ2) is 10.9. The van der Waals surface area contributed by atoms with Gasteiger partial charge in [-0.1, -0.05) is 18.9 Å². The first kappa shape index (κ1) is 26.6. The fourth-order valence-electron chi connectivity index (χ4n) is 4.67. The Balaban J connectivity index is 1.61. The van der Waals surface area contributed by atoms with E-state index in [9.17, 15) is 21.6 Å². The minimum absolute atomic E-state index is 0.0621. The van der Waals surface area contributed by atoms with Gasteiger partial charge in [0.25, 0.3) is 5.91 Å². The van der Waals surface area contributed by atoms with Crippen molar-refractivity contribution in [2.45, 2.75) is 55.2 Å². The van der Waals surface area contributed by atoms with Gasteiger partial charge in [0.15, 0.2) is 0 Å². The lowest BCUT2D eigenvalue weighted by molar-refractivity contribution is 0.102. The van der Waals surface area contributed by atoms with Crippen LogP contribution in [0.15, 0.2) is 46.2 Å². The minimum Gasteiger partial charge on any atom is -0.495 e. The Labute approximate surface area is 213 Å². The molecule has 2 fully saturated rings. The zero-order valence-corrected chi connectivity index (χ0v) is 22.3. The van der Waals surface area contributed by atoms with Crippen molar-refractivity contribution in [3.05, 3.63) is 47.5 Å². The fourth-order valence-corrected chi connectivity index (χ4v) is 8.13. The van der Waals surface area contributed by atoms with Crippen molar-refractivity contribution in [2.24, 2.45) is 0 Å². The van der Waals surface area contributed by atoms with E-state index < -0.39 is 26.0 Å². The second-order valence-corrected chi connectivity index (χ2v) is 13.0. The van der Waals surface area contributed by atoms with Crippen LogP contribution in [-0.2, 0) is 20.0 Å². The maximum absolute atomic E-state index is 13.3. The summed E-state index contributed by atoms with van der Waals surface area (Å²) in [5, 5.41) is 2.73. The SMILES string of the molecule is COc1ccc(C(=O)Nc2ccc(C)c(S(=O)(=O)N3CCCCCC3)c2)cc1S(=O)(=O)N1CCCC1. The first-order valence-electron chi connectivity index (χ1n) is 12.2. The molecule has 0 aliphatic carbocycles. The summed E-state index contributed by atoms with van der Waals surface area (Å²) in [5.74, 6) is -0.378. The molecular formula is C25H33N3O6S2. The van der Waals surface area contributed by atoms with Gasteiger partial charge >= 0.3 is 0 Å². The molecule has 0 spiro atoms. The number of hydrogen-bond acceptors (Lipinski definition) is 6. The third-order valence-corrected chi connectivity index (χ3v) is 10.7. The minimum atomic E-state index is -3.81. The van der Waals surface area contributed by atoms with E-state index in [0.717, 1.165) is 38.5 Å². The number of carbonyl (C=O) groups is 1. The molecule has 0 unspecified atom stereocenters. The summed E-state index contributed by atoms with van der Waals surface area (Å²) in [5.41, 5.74) is 1.05. The Morgan fingerprint density at radius 2 is 1.33 bits per heavy atom. The van der Waals surface area contributed by atoms with E-state index in [2.05, 4.69) is 5.32 Å². The van der Waals surface area contributed by atoms with Crippen LogP contribution >= 0.6 is 0 Å². The molecule has 2 aliphatic heterocycles. The first-order valence-corrected chi connectivity index (χ1v) is 15.1. The molecule has 1 N–H and O–H groups in total. The standard InChI is InChI=1S/C25H33N3O6S2/c1-19-9-11-21(18-23(19)35(30,31)27-13-5-3-4-6-14-27)26-25(29)20-10-12-22(34-2)24(17-20)36(32,33)28-15-7-8-16-28/h9-12,17-18H,3-8,13-16H2,1-2H3,(H,26,29). The highest BCUT2D eigenvalue weighted by Crippen LogP contribution is 2.31. The number of amides is 1. The highest BCUT2D eigenvalue weighted by molar-refractivity contribution is 7.89. The average Bonchev–Trinajstić information content (AvgIpc) is 3.28. The molecule has 36 heavy (non-hydrogen) atoms. The van der Waals surface area contributed by atoms with E-state index in [1.807, 2.05) is 0 Å². The normalized spacial score (nSPS) is 18.1. The van der Waals surface area contributed by atoms with Gasteiger partial charge in [0.2, 0.25) is 20.0 Å². The van der Waals surface area contributed by atoms with Crippen LogP contribution in [0.1, 0.15) is 54.4 Å². The molecule has 2 saturated heterocycles. The topological polar surface area (TPSA) is 113 Å². The van der Waals surface area contributed by atoms with Crippen molar-refractivity contribution in [3.63, 3.8) is 0 Å². The molecule has 2 aromatic carbocycles. The lowest BCUT2D eigenvalue weighted by Crippen LogP contribution is -2.32. The number of anilines is 1. The van der Waals surface area contributed by atoms with E-state index in [4.69, 9.17) is 4.74 Å². The molecule has 0 atom stereocenters. The van der Waals surface area contributed by atoms with Gasteiger partial charge in [-0.2, -0.15) is 8.61 Å². The third-order valence-electron chi connectivity index (χ3n) is 6.74. The molecule has 2 aliphatic rings. The lowest BCUT2D eigenvalue weighted by Gasteiger charge is -2.21. The van der Waals surface area contributed by atoms with E-state index in [1.54, 1.807) is 19.1 Å². The van der Waals surface area contributed by atoms with Crippen molar-refractivity contribution in [3.8, 4) is 5.75 Å². The third kappa shape index (κ3) is 5.44. The van der Waals surface area contributed by atoms with Crippen LogP contribution in [-0.4, -0.2) is 64.6 Å². The zero-order valence-electron chi connectivity index (χ0n) is 20.7. The van der Waals surface area contributed by atoms with Gasteiger partial charge < -0.3 is 10.1 Å². The Bertz CT molecular complexity index is 1330. The van der Waals surface area contributed by atoms with Gasteiger partial charge in [-0.3, -0.25) is 4.79 Å². The summed E-state index contributed by atoms with van der Waals surface area (Å²) in [6.07, 6.45) is 5.26. The van der Waals surface area contributed by atoms with Crippen LogP contribution in [0.4, 0.5) is 5.69 Å². The van der Waals surface area contributed by atoms with E-state index in [0.29, 0.717) is 37.4 Å². The zero-order chi connectivity index (χ0) is 25.9. The quantitative estimate of drug-likeness (QED) is 0.580. The van der Waals surface area contributed by atoms with Crippen molar-refractivity contribution < 1.29 is 26.4 Å². The van der Waals surface area contributed by atoms with Crippen molar-refractivity contribution in [1.29, 1.82) is 0 Å². The number of carbonyl (C=O) groups excluding carboxylic acids is 1. The molecular weight excluding hydrogens is 502 g/mol. The number of nitrogens with zero attached hydrogens (tertiary/aromatic N) is 2. The first-order chi connectivity index (χ1) is 17.1. The molecule has 2 aromatic rings. The number of hydrogen-bond donors (Lipinski definition) is 1. The summed E-state index contributed by atoms with van der Waals surface area (Å²) in [6, 6.07) is 9.03. The molecule has 0 radical (unpaired) electrons. The summed E-state index contributed by atoms with van der Waals surface area (Å²) < 4.78 is 61.2. The number of rotatable bonds is 7. The molecule has 11 heteroatoms. The maximum Gasteiger partial charge on any atom is 0.255 e. The van der Waals surface area contributed by atoms with Crippen molar-refractivity contribution in [1.82, 2.24) is 8.61 Å². The predicted molar refractivity (Wildman–Crippen MR) is 137 cm³/mol. The molecule has 4 rings (SSSR count). The number of ether oxygens (including phenoxy) is 1. The van der Waals surface area contributed by atoms with Crippen LogP contribution in [0, 0.1) is 6.92 Å². The number of nitrogens with one attached hydrogen (secondary N) is 1. The van der Waals surface area contributed by atoms with Gasteiger partial charge in [-0.05, 0) is 68.5 Å². The number of sulfonamides is 2. The average molecular weight is 536 g/mol. The van der Waals surface area contributed by atoms with E-state index >= 15 is 0 Å². The van der Waals surface area contributed by atoms with Gasteiger partial charge in [0.05, 0.1) is 12.0 Å². The summed E-state index contributed by atoms with van der Waals surface area (Å²) >= 11 is 0. The Hall–Kier alpha value is -2.47. The smallest absolute Gasteiger partial charge is 0.255 e. The van der Waals surface area contributed by atoms with Crippen molar-refractivity contribution in [2.75, 3.05) is 38.6 Å².